The Morgan fingerprint density at radius 2 is 1.70 bits per heavy atom. The van der Waals surface area contributed by atoms with Crippen molar-refractivity contribution in [2.75, 3.05) is 13.1 Å². The van der Waals surface area contributed by atoms with E-state index >= 15 is 0 Å². The van der Waals surface area contributed by atoms with Crippen LogP contribution >= 0.6 is 0 Å². The van der Waals surface area contributed by atoms with Gasteiger partial charge in [0, 0.05) is 0 Å². The Bertz CT molecular complexity index is 658. The molecular weight excluding hydrogens is 398 g/mol. The second kappa shape index (κ2) is 10.1. The van der Waals surface area contributed by atoms with E-state index in [1.165, 1.54) is 3.61 Å². The average molecular weight is 419 g/mol. The first-order valence-electron chi connectivity index (χ1n) is 7.85. The SMILES string of the molecule is CCCCN(CC#Cc1ccccc1)C(=O)[Te]c1ccccc1. The minimum atomic E-state index is -0.846. The van der Waals surface area contributed by atoms with Crippen molar-refractivity contribution in [1.29, 1.82) is 0 Å². The summed E-state index contributed by atoms with van der Waals surface area (Å²) < 4.78 is 1.46. The van der Waals surface area contributed by atoms with Crippen molar-refractivity contribution < 1.29 is 4.79 Å². The Balaban J connectivity index is 1.98. The van der Waals surface area contributed by atoms with Crippen LogP contribution < -0.4 is 3.61 Å². The first-order chi connectivity index (χ1) is 11.3. The van der Waals surface area contributed by atoms with Gasteiger partial charge < -0.3 is 0 Å². The summed E-state index contributed by atoms with van der Waals surface area (Å²) in [5.74, 6) is 6.29. The molecule has 0 atom stereocenters. The van der Waals surface area contributed by atoms with Gasteiger partial charge in [-0.3, -0.25) is 0 Å². The quantitative estimate of drug-likeness (QED) is 0.520. The van der Waals surface area contributed by atoms with Crippen LogP contribution in [0.1, 0.15) is 25.3 Å². The fraction of sp³-hybridized carbons (Fsp3) is 0.250. The van der Waals surface area contributed by atoms with E-state index in [2.05, 4.69) is 18.8 Å². The second-order valence-electron chi connectivity index (χ2n) is 5.12. The Hall–Kier alpha value is -1.74. The summed E-state index contributed by atoms with van der Waals surface area (Å²) in [6.45, 7) is 3.47. The molecule has 0 aromatic heterocycles. The maximum atomic E-state index is 12.6. The Morgan fingerprint density at radius 3 is 2.35 bits per heavy atom. The van der Waals surface area contributed by atoms with Crippen molar-refractivity contribution >= 4 is 28.5 Å². The molecule has 0 spiro atoms. The molecule has 118 valence electrons. The molecule has 0 saturated carbocycles. The molecule has 2 nitrogen and oxygen atoms in total. The molecule has 0 radical (unpaired) electrons. The van der Waals surface area contributed by atoms with Gasteiger partial charge in [0.05, 0.1) is 0 Å². The van der Waals surface area contributed by atoms with E-state index in [1.807, 2.05) is 65.6 Å². The zero-order valence-corrected chi connectivity index (χ0v) is 15.7. The van der Waals surface area contributed by atoms with Crippen molar-refractivity contribution in [1.82, 2.24) is 4.90 Å². The first-order valence-corrected chi connectivity index (χ1v) is 10.2. The standard InChI is InChI=1S/C20H21NOTe/c1-2-3-16-21(17-10-13-18-11-6-4-7-12-18)20(22)23-19-14-8-5-9-15-19/h4-9,11-12,14-15H,2-3,16-17H2,1H3. The molecule has 0 aliphatic rings. The summed E-state index contributed by atoms with van der Waals surface area (Å²) in [4.78, 5) is 14.5. The van der Waals surface area contributed by atoms with Gasteiger partial charge in [0.2, 0.25) is 0 Å². The number of unbranched alkanes of at least 4 members (excludes halogenated alkanes) is 1. The van der Waals surface area contributed by atoms with Crippen molar-refractivity contribution in [3.63, 3.8) is 0 Å². The van der Waals surface area contributed by atoms with Gasteiger partial charge in [-0.05, 0) is 0 Å². The molecule has 0 unspecified atom stereocenters. The van der Waals surface area contributed by atoms with Crippen molar-refractivity contribution in [2.24, 2.45) is 0 Å². The van der Waals surface area contributed by atoms with Crippen LogP contribution in [0.2, 0.25) is 0 Å². The predicted molar refractivity (Wildman–Crippen MR) is 97.0 cm³/mol. The summed E-state index contributed by atoms with van der Waals surface area (Å²) in [7, 11) is 0. The molecule has 0 fully saturated rings. The molecule has 2 rings (SSSR count). The number of amides is 1. The number of rotatable bonds is 6. The van der Waals surface area contributed by atoms with Crippen LogP contribution in [-0.2, 0) is 0 Å². The fourth-order valence-corrected chi connectivity index (χ4v) is 4.22. The summed E-state index contributed by atoms with van der Waals surface area (Å²) in [5, 5.41) is 0. The molecule has 0 aliphatic heterocycles. The van der Waals surface area contributed by atoms with Crippen molar-refractivity contribution in [2.45, 2.75) is 19.8 Å². The predicted octanol–water partition coefficient (Wildman–Crippen LogP) is 3.29. The van der Waals surface area contributed by atoms with E-state index in [9.17, 15) is 4.79 Å². The zero-order valence-electron chi connectivity index (χ0n) is 13.4. The summed E-state index contributed by atoms with van der Waals surface area (Å²) in [5.41, 5.74) is 0.995. The van der Waals surface area contributed by atoms with Crippen LogP contribution in [0.15, 0.2) is 60.7 Å². The van der Waals surface area contributed by atoms with Crippen LogP contribution in [0.25, 0.3) is 0 Å². The van der Waals surface area contributed by atoms with Crippen molar-refractivity contribution in [3.05, 3.63) is 66.2 Å². The fourth-order valence-electron chi connectivity index (χ4n) is 2.00. The molecule has 2 aromatic rings. The number of carbonyl (C=O) groups excluding carboxylic acids is 1. The molecule has 23 heavy (non-hydrogen) atoms. The zero-order chi connectivity index (χ0) is 16.3. The van der Waals surface area contributed by atoms with Gasteiger partial charge >= 0.3 is 149 Å². The van der Waals surface area contributed by atoms with Gasteiger partial charge in [-0.25, -0.2) is 0 Å². The Labute approximate surface area is 149 Å². The van der Waals surface area contributed by atoms with Crippen LogP contribution in [0.3, 0.4) is 0 Å². The van der Waals surface area contributed by atoms with E-state index < -0.39 is 20.9 Å². The van der Waals surface area contributed by atoms with E-state index in [4.69, 9.17) is 0 Å². The molecular formula is C20H21NOTe. The molecule has 0 heterocycles. The third-order valence-electron chi connectivity index (χ3n) is 3.26. The molecule has 0 bridgehead atoms. The topological polar surface area (TPSA) is 20.3 Å². The van der Waals surface area contributed by atoms with Crippen LogP contribution in [0.4, 0.5) is 4.79 Å². The van der Waals surface area contributed by atoms with Crippen LogP contribution in [-0.4, -0.2) is 42.9 Å². The third kappa shape index (κ3) is 6.49. The number of nitrogens with zero attached hydrogens (tertiary/aromatic N) is 1. The summed E-state index contributed by atoms with van der Waals surface area (Å²) in [6.07, 6.45) is 2.11. The van der Waals surface area contributed by atoms with Gasteiger partial charge in [-0.1, -0.05) is 0 Å². The first kappa shape index (κ1) is 17.6. The monoisotopic (exact) mass is 421 g/mol. The van der Waals surface area contributed by atoms with Gasteiger partial charge in [-0.2, -0.15) is 0 Å². The van der Waals surface area contributed by atoms with E-state index in [0.29, 0.717) is 6.54 Å². The average Bonchev–Trinajstić information content (AvgIpc) is 2.59. The molecule has 3 heteroatoms. The molecule has 2 aromatic carbocycles. The van der Waals surface area contributed by atoms with E-state index in [-0.39, 0.29) is 3.96 Å². The molecule has 1 amide bonds. The Morgan fingerprint density at radius 1 is 1.04 bits per heavy atom. The number of benzene rings is 2. The number of hydrogen-bond donors (Lipinski definition) is 0. The maximum absolute atomic E-state index is 12.6. The number of carbonyl (C=O) groups is 1. The van der Waals surface area contributed by atoms with Crippen LogP contribution in [0, 0.1) is 11.8 Å². The Kier molecular flexibility index (Phi) is 7.74. The normalized spacial score (nSPS) is 9.78. The van der Waals surface area contributed by atoms with E-state index in [0.717, 1.165) is 24.9 Å². The molecule has 0 N–H and O–H groups in total. The van der Waals surface area contributed by atoms with Gasteiger partial charge in [0.1, 0.15) is 0 Å². The molecule has 0 aliphatic carbocycles. The van der Waals surface area contributed by atoms with Crippen LogP contribution in [0.5, 0.6) is 0 Å². The summed E-state index contributed by atoms with van der Waals surface area (Å²) >= 11 is -0.846. The van der Waals surface area contributed by atoms with Gasteiger partial charge in [-0.15, -0.1) is 0 Å². The number of hydrogen-bond acceptors (Lipinski definition) is 1. The second-order valence-corrected chi connectivity index (χ2v) is 8.05. The van der Waals surface area contributed by atoms with E-state index in [1.54, 1.807) is 0 Å². The summed E-state index contributed by atoms with van der Waals surface area (Å²) in [6, 6.07) is 20.0. The van der Waals surface area contributed by atoms with Crippen molar-refractivity contribution in [3.8, 4) is 11.8 Å². The van der Waals surface area contributed by atoms with Gasteiger partial charge in [0.25, 0.3) is 0 Å². The third-order valence-corrected chi connectivity index (χ3v) is 5.95. The minimum absolute atomic E-state index is 0.275. The van der Waals surface area contributed by atoms with Gasteiger partial charge in [0.15, 0.2) is 0 Å². The molecule has 0 saturated heterocycles.